The van der Waals surface area contributed by atoms with Gasteiger partial charge in [-0.15, -0.1) is 5.10 Å². The molecule has 18 heavy (non-hydrogen) atoms. The van der Waals surface area contributed by atoms with E-state index in [1.165, 1.54) is 6.42 Å². The zero-order chi connectivity index (χ0) is 12.5. The molecule has 1 aliphatic rings. The summed E-state index contributed by atoms with van der Waals surface area (Å²) in [5, 5.41) is 17.2. The van der Waals surface area contributed by atoms with Crippen LogP contribution in [0.2, 0.25) is 0 Å². The van der Waals surface area contributed by atoms with Crippen molar-refractivity contribution in [1.29, 1.82) is 0 Å². The molecule has 1 heterocycles. The van der Waals surface area contributed by atoms with Gasteiger partial charge in [-0.05, 0) is 49.9 Å². The summed E-state index contributed by atoms with van der Waals surface area (Å²) in [5.74, 6) is -0.915. The summed E-state index contributed by atoms with van der Waals surface area (Å²) in [6.07, 6.45) is 4.31. The minimum absolute atomic E-state index is 0.285. The van der Waals surface area contributed by atoms with Crippen molar-refractivity contribution in [2.75, 3.05) is 0 Å². The molecule has 0 radical (unpaired) electrons. The van der Waals surface area contributed by atoms with Crippen molar-refractivity contribution >= 4 is 5.97 Å². The highest BCUT2D eigenvalue weighted by Crippen LogP contribution is 2.21. The Balaban J connectivity index is 1.99. The van der Waals surface area contributed by atoms with Crippen LogP contribution >= 0.6 is 0 Å². The molecule has 5 heteroatoms. The van der Waals surface area contributed by atoms with Gasteiger partial charge >= 0.3 is 5.97 Å². The monoisotopic (exact) mass is 243 g/mol. The quantitative estimate of drug-likeness (QED) is 0.873. The standard InChI is InChI=1S/C13H13N3O2/c17-13(18)9-5-7-10(8-6-9)16-12-4-2-1-3-11(12)14-15-16/h5-8H,1-4H2,(H,17,18). The molecule has 1 N–H and O–H groups in total. The number of aromatic nitrogens is 3. The second-order valence-corrected chi connectivity index (χ2v) is 4.45. The van der Waals surface area contributed by atoms with E-state index in [9.17, 15) is 4.79 Å². The fraction of sp³-hybridized carbons (Fsp3) is 0.308. The Morgan fingerprint density at radius 3 is 2.61 bits per heavy atom. The summed E-state index contributed by atoms with van der Waals surface area (Å²) in [4.78, 5) is 10.8. The molecule has 92 valence electrons. The number of benzene rings is 1. The van der Waals surface area contributed by atoms with E-state index in [1.54, 1.807) is 24.3 Å². The lowest BCUT2D eigenvalue weighted by Gasteiger charge is -2.11. The van der Waals surface area contributed by atoms with Crippen LogP contribution in [0, 0.1) is 0 Å². The molecule has 0 fully saturated rings. The summed E-state index contributed by atoms with van der Waals surface area (Å²) >= 11 is 0. The molecular weight excluding hydrogens is 230 g/mol. The number of aromatic carboxylic acids is 1. The van der Waals surface area contributed by atoms with Crippen LogP contribution < -0.4 is 0 Å². The fourth-order valence-electron chi connectivity index (χ4n) is 2.31. The van der Waals surface area contributed by atoms with Crippen LogP contribution in [0.3, 0.4) is 0 Å². The lowest BCUT2D eigenvalue weighted by atomic mass is 10.0. The number of carboxylic acid groups (broad SMARTS) is 1. The molecule has 1 aromatic heterocycles. The molecule has 0 atom stereocenters. The van der Waals surface area contributed by atoms with Gasteiger partial charge in [0.25, 0.3) is 0 Å². The van der Waals surface area contributed by atoms with Crippen LogP contribution in [0.4, 0.5) is 0 Å². The molecule has 5 nitrogen and oxygen atoms in total. The first-order valence-electron chi connectivity index (χ1n) is 6.03. The topological polar surface area (TPSA) is 68.0 Å². The second-order valence-electron chi connectivity index (χ2n) is 4.45. The predicted octanol–water partition coefficient (Wildman–Crippen LogP) is 1.84. The van der Waals surface area contributed by atoms with Gasteiger partial charge in [0.15, 0.2) is 0 Å². The van der Waals surface area contributed by atoms with E-state index in [-0.39, 0.29) is 5.56 Å². The number of aryl methyl sites for hydroxylation is 1. The van der Waals surface area contributed by atoms with Crippen molar-refractivity contribution in [3.63, 3.8) is 0 Å². The molecule has 0 saturated heterocycles. The van der Waals surface area contributed by atoms with Crippen molar-refractivity contribution in [2.45, 2.75) is 25.7 Å². The van der Waals surface area contributed by atoms with Crippen molar-refractivity contribution in [3.05, 3.63) is 41.2 Å². The number of carboxylic acids is 1. The largest absolute Gasteiger partial charge is 0.478 e. The maximum absolute atomic E-state index is 10.8. The van der Waals surface area contributed by atoms with E-state index < -0.39 is 5.97 Å². The number of hydrogen-bond donors (Lipinski definition) is 1. The Kier molecular flexibility index (Phi) is 2.59. The minimum atomic E-state index is -0.915. The molecule has 0 unspecified atom stereocenters. The van der Waals surface area contributed by atoms with Crippen LogP contribution in [0.25, 0.3) is 5.69 Å². The number of nitrogens with zero attached hydrogens (tertiary/aromatic N) is 3. The second kappa shape index (κ2) is 4.25. The lowest BCUT2D eigenvalue weighted by molar-refractivity contribution is 0.0697. The minimum Gasteiger partial charge on any atom is -0.478 e. The lowest BCUT2D eigenvalue weighted by Crippen LogP contribution is -2.08. The summed E-state index contributed by atoms with van der Waals surface area (Å²) in [6, 6.07) is 6.73. The van der Waals surface area contributed by atoms with Gasteiger partial charge in [-0.3, -0.25) is 0 Å². The molecule has 0 amide bonds. The zero-order valence-electron chi connectivity index (χ0n) is 9.83. The number of hydrogen-bond acceptors (Lipinski definition) is 3. The van der Waals surface area contributed by atoms with Gasteiger partial charge in [-0.2, -0.15) is 0 Å². The van der Waals surface area contributed by atoms with Crippen LogP contribution in [0.5, 0.6) is 0 Å². The molecule has 0 saturated carbocycles. The number of carbonyl (C=O) groups is 1. The smallest absolute Gasteiger partial charge is 0.335 e. The van der Waals surface area contributed by atoms with E-state index in [1.807, 2.05) is 4.68 Å². The van der Waals surface area contributed by atoms with E-state index in [2.05, 4.69) is 10.3 Å². The maximum Gasteiger partial charge on any atom is 0.335 e. The molecule has 3 rings (SSSR count). The first kappa shape index (κ1) is 11.0. The van der Waals surface area contributed by atoms with Gasteiger partial charge in [0.1, 0.15) is 0 Å². The molecule has 0 spiro atoms. The Morgan fingerprint density at radius 2 is 1.89 bits per heavy atom. The van der Waals surface area contributed by atoms with Crippen molar-refractivity contribution < 1.29 is 9.90 Å². The number of rotatable bonds is 2. The first-order valence-corrected chi connectivity index (χ1v) is 6.03. The Labute approximate surface area is 104 Å². The summed E-state index contributed by atoms with van der Waals surface area (Å²) in [7, 11) is 0. The SMILES string of the molecule is O=C(O)c1ccc(-n2nnc3c2CCCC3)cc1. The van der Waals surface area contributed by atoms with E-state index in [0.29, 0.717) is 0 Å². The molecule has 2 aromatic rings. The normalized spacial score (nSPS) is 14.2. The van der Waals surface area contributed by atoms with Crippen molar-refractivity contribution in [1.82, 2.24) is 15.0 Å². The summed E-state index contributed by atoms with van der Waals surface area (Å²) in [6.45, 7) is 0. The van der Waals surface area contributed by atoms with Crippen LogP contribution in [0.1, 0.15) is 34.6 Å². The van der Waals surface area contributed by atoms with Gasteiger partial charge in [0.05, 0.1) is 22.6 Å². The molecule has 1 aromatic carbocycles. The molecule has 0 bridgehead atoms. The molecular formula is C13H13N3O2. The van der Waals surface area contributed by atoms with Gasteiger partial charge in [0.2, 0.25) is 0 Å². The highest BCUT2D eigenvalue weighted by molar-refractivity contribution is 5.87. The Bertz CT molecular complexity index is 587. The highest BCUT2D eigenvalue weighted by Gasteiger charge is 2.17. The first-order chi connectivity index (χ1) is 8.75. The van der Waals surface area contributed by atoms with Crippen LogP contribution in [-0.2, 0) is 12.8 Å². The summed E-state index contributed by atoms with van der Waals surface area (Å²) < 4.78 is 1.82. The zero-order valence-corrected chi connectivity index (χ0v) is 9.83. The average Bonchev–Trinajstić information content (AvgIpc) is 2.82. The third-order valence-corrected chi connectivity index (χ3v) is 3.28. The van der Waals surface area contributed by atoms with Crippen molar-refractivity contribution in [2.24, 2.45) is 0 Å². The van der Waals surface area contributed by atoms with Gasteiger partial charge in [0, 0.05) is 0 Å². The van der Waals surface area contributed by atoms with Crippen LogP contribution in [0.15, 0.2) is 24.3 Å². The third kappa shape index (κ3) is 1.77. The predicted molar refractivity (Wildman–Crippen MR) is 65.0 cm³/mol. The van der Waals surface area contributed by atoms with E-state index in [0.717, 1.165) is 36.3 Å². The Morgan fingerprint density at radius 1 is 1.17 bits per heavy atom. The highest BCUT2D eigenvalue weighted by atomic mass is 16.4. The van der Waals surface area contributed by atoms with E-state index in [4.69, 9.17) is 5.11 Å². The van der Waals surface area contributed by atoms with Crippen LogP contribution in [-0.4, -0.2) is 26.1 Å². The fourth-order valence-corrected chi connectivity index (χ4v) is 2.31. The van der Waals surface area contributed by atoms with Crippen molar-refractivity contribution in [3.8, 4) is 5.69 Å². The third-order valence-electron chi connectivity index (χ3n) is 3.28. The maximum atomic E-state index is 10.8. The summed E-state index contributed by atoms with van der Waals surface area (Å²) in [5.41, 5.74) is 3.39. The Hall–Kier alpha value is -2.17. The molecule has 0 aliphatic heterocycles. The molecule has 1 aliphatic carbocycles. The van der Waals surface area contributed by atoms with Gasteiger partial charge in [-0.25, -0.2) is 9.48 Å². The van der Waals surface area contributed by atoms with Gasteiger partial charge < -0.3 is 5.11 Å². The number of fused-ring (bicyclic) bond motifs is 1. The van der Waals surface area contributed by atoms with Gasteiger partial charge in [-0.1, -0.05) is 5.21 Å². The average molecular weight is 243 g/mol. The van der Waals surface area contributed by atoms with E-state index >= 15 is 0 Å².